The van der Waals surface area contributed by atoms with Gasteiger partial charge in [0.25, 0.3) is 0 Å². The molecule has 1 amide bonds. The lowest BCUT2D eigenvalue weighted by molar-refractivity contribution is -0.115. The van der Waals surface area contributed by atoms with Crippen molar-refractivity contribution in [1.82, 2.24) is 10.2 Å². The van der Waals surface area contributed by atoms with Gasteiger partial charge in [-0.15, -0.1) is 0 Å². The molecule has 0 unspecified atom stereocenters. The van der Waals surface area contributed by atoms with Gasteiger partial charge in [0.15, 0.2) is 5.11 Å². The van der Waals surface area contributed by atoms with Gasteiger partial charge in [-0.05, 0) is 47.1 Å². The molecule has 0 bridgehead atoms. The average molecular weight is 421 g/mol. The molecular weight excluding hydrogens is 400 g/mol. The summed E-state index contributed by atoms with van der Waals surface area (Å²) in [5, 5.41) is 3.86. The smallest absolute Gasteiger partial charge is 0.250 e. The summed E-state index contributed by atoms with van der Waals surface area (Å²) in [5.74, 6) is -0.268. The summed E-state index contributed by atoms with van der Waals surface area (Å²) in [6, 6.07) is 27.4. The number of nitrogens with one attached hydrogen (secondary N) is 1. The van der Waals surface area contributed by atoms with Crippen LogP contribution in [0.1, 0.15) is 16.7 Å². The number of thiocarbonyl (C=S) groups is 1. The quantitative estimate of drug-likeness (QED) is 0.424. The number of carbonyl (C=O) groups excluding carboxylic acids is 1. The number of halogens is 1. The number of benzene rings is 3. The van der Waals surface area contributed by atoms with Gasteiger partial charge in [-0.1, -0.05) is 84.4 Å². The second-order valence-electron chi connectivity index (χ2n) is 6.51. The third kappa shape index (κ3) is 6.86. The lowest BCUT2D eigenvalue weighted by Gasteiger charge is -2.25. The molecule has 0 spiro atoms. The molecule has 3 aromatic rings. The highest BCUT2D eigenvalue weighted by Gasteiger charge is 2.13. The van der Waals surface area contributed by atoms with Crippen LogP contribution in [0.15, 0.2) is 91.0 Å². The third-order valence-electron chi connectivity index (χ3n) is 4.25. The molecule has 0 fully saturated rings. The van der Waals surface area contributed by atoms with E-state index in [1.807, 2.05) is 77.7 Å². The van der Waals surface area contributed by atoms with Crippen molar-refractivity contribution in [2.45, 2.75) is 13.1 Å². The van der Waals surface area contributed by atoms with Gasteiger partial charge in [0.05, 0.1) is 0 Å². The van der Waals surface area contributed by atoms with Gasteiger partial charge in [-0.2, -0.15) is 0 Å². The van der Waals surface area contributed by atoms with Gasteiger partial charge in [0.1, 0.15) is 0 Å². The number of rotatable bonds is 6. The van der Waals surface area contributed by atoms with Crippen molar-refractivity contribution in [2.24, 2.45) is 0 Å². The molecule has 0 saturated heterocycles. The number of carbonyl (C=O) groups is 1. The first-order valence-corrected chi connectivity index (χ1v) is 10.0. The van der Waals surface area contributed by atoms with E-state index in [0.29, 0.717) is 23.2 Å². The number of nitrogens with zero attached hydrogens (tertiary/aromatic N) is 1. The Kier molecular flexibility index (Phi) is 7.56. The van der Waals surface area contributed by atoms with Crippen molar-refractivity contribution in [2.75, 3.05) is 0 Å². The second kappa shape index (κ2) is 10.6. The predicted molar refractivity (Wildman–Crippen MR) is 123 cm³/mol. The van der Waals surface area contributed by atoms with Crippen molar-refractivity contribution >= 4 is 40.9 Å². The molecule has 3 rings (SSSR count). The first-order chi connectivity index (χ1) is 14.1. The molecule has 0 aliphatic rings. The van der Waals surface area contributed by atoms with Crippen LogP contribution >= 0.6 is 23.8 Å². The van der Waals surface area contributed by atoms with E-state index < -0.39 is 0 Å². The van der Waals surface area contributed by atoms with E-state index in [1.165, 1.54) is 6.08 Å². The zero-order valence-electron chi connectivity index (χ0n) is 15.8. The fraction of sp³-hybridized carbons (Fsp3) is 0.0833. The van der Waals surface area contributed by atoms with Crippen LogP contribution in [0.4, 0.5) is 0 Å². The summed E-state index contributed by atoms with van der Waals surface area (Å²) in [6.45, 7) is 1.21. The summed E-state index contributed by atoms with van der Waals surface area (Å²) in [7, 11) is 0. The predicted octanol–water partition coefficient (Wildman–Crippen LogP) is 5.46. The Labute approximate surface area is 181 Å². The Morgan fingerprint density at radius 1 is 0.862 bits per heavy atom. The van der Waals surface area contributed by atoms with E-state index in [4.69, 9.17) is 23.8 Å². The highest BCUT2D eigenvalue weighted by Crippen LogP contribution is 2.12. The third-order valence-corrected chi connectivity index (χ3v) is 4.86. The number of hydrogen-bond acceptors (Lipinski definition) is 2. The summed E-state index contributed by atoms with van der Waals surface area (Å²) in [5.41, 5.74) is 3.13. The topological polar surface area (TPSA) is 32.3 Å². The van der Waals surface area contributed by atoms with Gasteiger partial charge >= 0.3 is 0 Å². The molecular formula is C24H21ClN2OS. The molecule has 3 nitrogen and oxygen atoms in total. The minimum atomic E-state index is -0.268. The fourth-order valence-corrected chi connectivity index (χ4v) is 3.13. The van der Waals surface area contributed by atoms with Crippen LogP contribution < -0.4 is 5.32 Å². The molecule has 3 aromatic carbocycles. The Bertz CT molecular complexity index is 931. The summed E-state index contributed by atoms with van der Waals surface area (Å²) < 4.78 is 0. The first-order valence-electron chi connectivity index (χ1n) is 9.21. The normalized spacial score (nSPS) is 10.7. The van der Waals surface area contributed by atoms with Crippen LogP contribution in [0.25, 0.3) is 6.08 Å². The van der Waals surface area contributed by atoms with Crippen molar-refractivity contribution in [3.8, 4) is 0 Å². The van der Waals surface area contributed by atoms with Gasteiger partial charge in [0, 0.05) is 24.2 Å². The molecule has 5 heteroatoms. The molecule has 0 aromatic heterocycles. The number of hydrogen-bond donors (Lipinski definition) is 1. The van der Waals surface area contributed by atoms with E-state index in [-0.39, 0.29) is 5.91 Å². The van der Waals surface area contributed by atoms with Crippen LogP contribution in [0, 0.1) is 0 Å². The highest BCUT2D eigenvalue weighted by atomic mass is 35.5. The van der Waals surface area contributed by atoms with Crippen molar-refractivity contribution < 1.29 is 4.79 Å². The van der Waals surface area contributed by atoms with Crippen LogP contribution in [0.3, 0.4) is 0 Å². The Hall–Kier alpha value is -2.95. The molecule has 0 aliphatic carbocycles. The number of amides is 1. The van der Waals surface area contributed by atoms with Crippen molar-refractivity contribution in [3.63, 3.8) is 0 Å². The van der Waals surface area contributed by atoms with E-state index in [1.54, 1.807) is 18.2 Å². The molecule has 0 aliphatic heterocycles. The van der Waals surface area contributed by atoms with Gasteiger partial charge < -0.3 is 4.90 Å². The second-order valence-corrected chi connectivity index (χ2v) is 7.33. The maximum atomic E-state index is 12.4. The summed E-state index contributed by atoms with van der Waals surface area (Å²) in [6.07, 6.45) is 3.20. The zero-order chi connectivity index (χ0) is 20.5. The maximum Gasteiger partial charge on any atom is 0.250 e. The standard InChI is InChI=1S/C24H21ClN2OS/c25-22-14-11-19(12-15-22)13-16-23(28)26-24(29)27(17-20-7-3-1-4-8-20)18-21-9-5-2-6-10-21/h1-16H,17-18H2,(H,26,28,29)/b16-13+. The minimum absolute atomic E-state index is 0.268. The molecule has 0 saturated carbocycles. The van der Waals surface area contributed by atoms with Gasteiger partial charge in [-0.3, -0.25) is 10.1 Å². The van der Waals surface area contributed by atoms with E-state index >= 15 is 0 Å². The van der Waals surface area contributed by atoms with Crippen molar-refractivity contribution in [1.29, 1.82) is 0 Å². The molecule has 29 heavy (non-hydrogen) atoms. The zero-order valence-corrected chi connectivity index (χ0v) is 17.4. The first kappa shape index (κ1) is 20.8. The maximum absolute atomic E-state index is 12.4. The molecule has 146 valence electrons. The summed E-state index contributed by atoms with van der Waals surface area (Å²) >= 11 is 11.4. The van der Waals surface area contributed by atoms with Gasteiger partial charge in [0.2, 0.25) is 5.91 Å². The molecule has 0 atom stereocenters. The van der Waals surface area contributed by atoms with E-state index in [2.05, 4.69) is 5.32 Å². The SMILES string of the molecule is O=C(/C=C/c1ccc(Cl)cc1)NC(=S)N(Cc1ccccc1)Cc1ccccc1. The lowest BCUT2D eigenvalue weighted by Crippen LogP contribution is -2.41. The van der Waals surface area contributed by atoms with E-state index in [0.717, 1.165) is 16.7 Å². The highest BCUT2D eigenvalue weighted by molar-refractivity contribution is 7.80. The Balaban J connectivity index is 1.67. The monoisotopic (exact) mass is 420 g/mol. The Morgan fingerprint density at radius 2 is 1.38 bits per heavy atom. The van der Waals surface area contributed by atoms with Crippen LogP contribution in [0.5, 0.6) is 0 Å². The minimum Gasteiger partial charge on any atom is -0.340 e. The fourth-order valence-electron chi connectivity index (χ4n) is 2.78. The van der Waals surface area contributed by atoms with Gasteiger partial charge in [-0.25, -0.2) is 0 Å². The largest absolute Gasteiger partial charge is 0.340 e. The lowest BCUT2D eigenvalue weighted by atomic mass is 10.2. The molecule has 0 radical (unpaired) electrons. The van der Waals surface area contributed by atoms with Crippen LogP contribution in [-0.2, 0) is 17.9 Å². The average Bonchev–Trinajstić information content (AvgIpc) is 2.74. The van der Waals surface area contributed by atoms with E-state index in [9.17, 15) is 4.79 Å². The van der Waals surface area contributed by atoms with Crippen LogP contribution in [0.2, 0.25) is 5.02 Å². The molecule has 1 N–H and O–H groups in total. The van der Waals surface area contributed by atoms with Crippen molar-refractivity contribution in [3.05, 3.63) is 113 Å². The Morgan fingerprint density at radius 3 is 1.90 bits per heavy atom. The van der Waals surface area contributed by atoms with Crippen LogP contribution in [-0.4, -0.2) is 15.9 Å². The molecule has 0 heterocycles. The summed E-state index contributed by atoms with van der Waals surface area (Å²) in [4.78, 5) is 14.3.